The quantitative estimate of drug-likeness (QED) is 0.886. The average Bonchev–Trinajstić information content (AvgIpc) is 2.89. The number of hydrogen-bond donors (Lipinski definition) is 1. The van der Waals surface area contributed by atoms with Crippen LogP contribution in [0.25, 0.3) is 0 Å². The topological polar surface area (TPSA) is 42.7 Å². The lowest BCUT2D eigenvalue weighted by Gasteiger charge is -2.13. The van der Waals surface area contributed by atoms with E-state index in [1.165, 1.54) is 0 Å². The van der Waals surface area contributed by atoms with Crippen molar-refractivity contribution in [3.8, 4) is 0 Å². The molecule has 0 fully saturated rings. The highest BCUT2D eigenvalue weighted by Crippen LogP contribution is 2.20. The van der Waals surface area contributed by atoms with Crippen LogP contribution in [0.5, 0.6) is 0 Å². The maximum Gasteiger partial charge on any atom is 0.203 e. The lowest BCUT2D eigenvalue weighted by atomic mass is 10.3. The lowest BCUT2D eigenvalue weighted by Crippen LogP contribution is -2.11. The molecule has 0 aliphatic heterocycles. The molecule has 0 saturated carbocycles. The Morgan fingerprint density at radius 1 is 1.53 bits per heavy atom. The molecule has 0 amide bonds. The molecule has 1 atom stereocenters. The highest BCUT2D eigenvalue weighted by Gasteiger charge is 2.11. The minimum Gasteiger partial charge on any atom is -0.347 e. The lowest BCUT2D eigenvalue weighted by molar-refractivity contribution is 0.674. The summed E-state index contributed by atoms with van der Waals surface area (Å²) in [5, 5.41) is 6.51. The Labute approximate surface area is 106 Å². The summed E-state index contributed by atoms with van der Waals surface area (Å²) in [5.41, 5.74) is 1.05. The highest BCUT2D eigenvalue weighted by atomic mass is 32.1. The number of aromatic nitrogens is 3. The van der Waals surface area contributed by atoms with Crippen LogP contribution in [-0.4, -0.2) is 14.5 Å². The van der Waals surface area contributed by atoms with Crippen molar-refractivity contribution in [3.05, 3.63) is 28.5 Å². The van der Waals surface area contributed by atoms with E-state index in [0.717, 1.165) is 29.6 Å². The standard InChI is InChI=1S/C12H18N4S/c1-4-6-16-8-9(2)14-12(16)15-10(3)11-13-5-7-17-11/h5,7-8,10H,4,6H2,1-3H3,(H,14,15). The number of imidazole rings is 1. The number of rotatable bonds is 5. The van der Waals surface area contributed by atoms with Gasteiger partial charge < -0.3 is 9.88 Å². The first-order valence-electron chi connectivity index (χ1n) is 5.90. The van der Waals surface area contributed by atoms with E-state index in [1.54, 1.807) is 11.3 Å². The van der Waals surface area contributed by atoms with Gasteiger partial charge in [0.15, 0.2) is 0 Å². The minimum absolute atomic E-state index is 0.201. The van der Waals surface area contributed by atoms with Gasteiger partial charge in [-0.15, -0.1) is 11.3 Å². The molecule has 92 valence electrons. The molecule has 2 aromatic rings. The van der Waals surface area contributed by atoms with Gasteiger partial charge in [-0.25, -0.2) is 9.97 Å². The molecule has 2 aromatic heterocycles. The Morgan fingerprint density at radius 3 is 3.00 bits per heavy atom. The zero-order valence-electron chi connectivity index (χ0n) is 10.5. The fourth-order valence-electron chi connectivity index (χ4n) is 1.78. The van der Waals surface area contributed by atoms with Crippen molar-refractivity contribution in [2.24, 2.45) is 0 Å². The molecule has 2 rings (SSSR count). The van der Waals surface area contributed by atoms with Crippen LogP contribution in [0.2, 0.25) is 0 Å². The number of nitrogens with one attached hydrogen (secondary N) is 1. The molecular weight excluding hydrogens is 232 g/mol. The average molecular weight is 250 g/mol. The van der Waals surface area contributed by atoms with Crippen LogP contribution in [0.15, 0.2) is 17.8 Å². The number of thiazole rings is 1. The zero-order valence-corrected chi connectivity index (χ0v) is 11.3. The van der Waals surface area contributed by atoms with E-state index in [0.29, 0.717) is 0 Å². The fourth-order valence-corrected chi connectivity index (χ4v) is 2.42. The highest BCUT2D eigenvalue weighted by molar-refractivity contribution is 7.09. The van der Waals surface area contributed by atoms with Crippen molar-refractivity contribution >= 4 is 17.3 Å². The van der Waals surface area contributed by atoms with Crippen molar-refractivity contribution in [2.75, 3.05) is 5.32 Å². The largest absolute Gasteiger partial charge is 0.347 e. The van der Waals surface area contributed by atoms with E-state index >= 15 is 0 Å². The molecule has 1 unspecified atom stereocenters. The monoisotopic (exact) mass is 250 g/mol. The SMILES string of the molecule is CCCn1cc(C)nc1NC(C)c1nccs1. The van der Waals surface area contributed by atoms with Crippen LogP contribution in [0.4, 0.5) is 5.95 Å². The third-order valence-corrected chi connectivity index (χ3v) is 3.49. The first kappa shape index (κ1) is 12.1. The molecule has 1 N–H and O–H groups in total. The predicted octanol–water partition coefficient (Wildman–Crippen LogP) is 3.23. The van der Waals surface area contributed by atoms with Crippen molar-refractivity contribution in [3.63, 3.8) is 0 Å². The molecule has 0 bridgehead atoms. The van der Waals surface area contributed by atoms with Crippen LogP contribution < -0.4 is 5.32 Å². The Kier molecular flexibility index (Phi) is 3.78. The van der Waals surface area contributed by atoms with Crippen LogP contribution in [0, 0.1) is 6.92 Å². The molecule has 0 aliphatic carbocycles. The molecule has 2 heterocycles. The minimum atomic E-state index is 0.201. The van der Waals surface area contributed by atoms with Gasteiger partial charge in [0.05, 0.1) is 11.7 Å². The van der Waals surface area contributed by atoms with Crippen molar-refractivity contribution in [1.29, 1.82) is 0 Å². The predicted molar refractivity (Wildman–Crippen MR) is 71.4 cm³/mol. The summed E-state index contributed by atoms with van der Waals surface area (Å²) >= 11 is 1.67. The van der Waals surface area contributed by atoms with Gasteiger partial charge in [-0.2, -0.15) is 0 Å². The van der Waals surface area contributed by atoms with Crippen molar-refractivity contribution in [2.45, 2.75) is 39.8 Å². The molecule has 0 aliphatic rings. The Hall–Kier alpha value is -1.36. The van der Waals surface area contributed by atoms with Crippen LogP contribution in [0.3, 0.4) is 0 Å². The Morgan fingerprint density at radius 2 is 2.35 bits per heavy atom. The molecule has 5 heteroatoms. The van der Waals surface area contributed by atoms with Gasteiger partial charge in [0.2, 0.25) is 5.95 Å². The summed E-state index contributed by atoms with van der Waals surface area (Å²) in [6.07, 6.45) is 5.03. The van der Waals surface area contributed by atoms with Crippen LogP contribution >= 0.6 is 11.3 Å². The molecule has 0 aromatic carbocycles. The zero-order chi connectivity index (χ0) is 12.3. The Bertz CT molecular complexity index is 461. The molecule has 0 spiro atoms. The molecule has 0 radical (unpaired) electrons. The van der Waals surface area contributed by atoms with Gasteiger partial charge in [0, 0.05) is 24.3 Å². The van der Waals surface area contributed by atoms with Gasteiger partial charge in [0.1, 0.15) is 5.01 Å². The molecule has 0 saturated heterocycles. The number of anilines is 1. The van der Waals surface area contributed by atoms with E-state index in [-0.39, 0.29) is 6.04 Å². The van der Waals surface area contributed by atoms with E-state index in [9.17, 15) is 0 Å². The van der Waals surface area contributed by atoms with Crippen molar-refractivity contribution < 1.29 is 0 Å². The van der Waals surface area contributed by atoms with Gasteiger partial charge in [-0.05, 0) is 20.3 Å². The maximum absolute atomic E-state index is 4.51. The molecule has 17 heavy (non-hydrogen) atoms. The number of aryl methyl sites for hydroxylation is 2. The van der Waals surface area contributed by atoms with Gasteiger partial charge >= 0.3 is 0 Å². The second-order valence-corrected chi connectivity index (χ2v) is 5.06. The fraction of sp³-hybridized carbons (Fsp3) is 0.500. The van der Waals surface area contributed by atoms with Crippen LogP contribution in [0.1, 0.15) is 37.0 Å². The van der Waals surface area contributed by atoms with E-state index in [1.807, 2.05) is 18.5 Å². The third-order valence-electron chi connectivity index (χ3n) is 2.53. The Balaban J connectivity index is 2.12. The molecular formula is C12H18N4S. The van der Waals surface area contributed by atoms with Gasteiger partial charge in [-0.3, -0.25) is 0 Å². The normalized spacial score (nSPS) is 12.6. The summed E-state index contributed by atoms with van der Waals surface area (Å²) in [7, 11) is 0. The van der Waals surface area contributed by atoms with E-state index in [2.05, 4.69) is 39.9 Å². The first-order chi connectivity index (χ1) is 8.20. The first-order valence-corrected chi connectivity index (χ1v) is 6.78. The maximum atomic E-state index is 4.51. The summed E-state index contributed by atoms with van der Waals surface area (Å²) in [6.45, 7) is 7.29. The number of hydrogen-bond acceptors (Lipinski definition) is 4. The number of nitrogens with zero attached hydrogens (tertiary/aromatic N) is 3. The van der Waals surface area contributed by atoms with Crippen molar-refractivity contribution in [1.82, 2.24) is 14.5 Å². The summed E-state index contributed by atoms with van der Waals surface area (Å²) in [6, 6.07) is 0.201. The van der Waals surface area contributed by atoms with E-state index in [4.69, 9.17) is 0 Å². The summed E-state index contributed by atoms with van der Waals surface area (Å²) in [5.74, 6) is 0.937. The second kappa shape index (κ2) is 5.31. The molecule has 4 nitrogen and oxygen atoms in total. The summed E-state index contributed by atoms with van der Waals surface area (Å²) in [4.78, 5) is 8.82. The van der Waals surface area contributed by atoms with Gasteiger partial charge in [-0.1, -0.05) is 6.92 Å². The summed E-state index contributed by atoms with van der Waals surface area (Å²) < 4.78 is 2.17. The third kappa shape index (κ3) is 2.85. The van der Waals surface area contributed by atoms with Crippen LogP contribution in [-0.2, 0) is 6.54 Å². The second-order valence-electron chi connectivity index (χ2n) is 4.14. The van der Waals surface area contributed by atoms with E-state index < -0.39 is 0 Å². The smallest absolute Gasteiger partial charge is 0.203 e. The van der Waals surface area contributed by atoms with Gasteiger partial charge in [0.25, 0.3) is 0 Å².